The fourth-order valence-corrected chi connectivity index (χ4v) is 3.88. The molecule has 0 aliphatic heterocycles. The van der Waals surface area contributed by atoms with Crippen LogP contribution in [0, 0.1) is 11.8 Å². The number of hydrogen-bond acceptors (Lipinski definition) is 2. The average Bonchev–Trinajstić information content (AvgIpc) is 2.66. The quantitative estimate of drug-likeness (QED) is 0.197. The summed E-state index contributed by atoms with van der Waals surface area (Å²) in [5.41, 5.74) is 0. The molecular formula is C24H46O4. The average molecular weight is 399 g/mol. The Balaban J connectivity index is 3.92. The van der Waals surface area contributed by atoms with Gasteiger partial charge in [0.05, 0.1) is 11.8 Å². The van der Waals surface area contributed by atoms with Crippen molar-refractivity contribution in [2.75, 3.05) is 0 Å². The molecule has 4 heteroatoms. The lowest BCUT2D eigenvalue weighted by Crippen LogP contribution is -2.19. The number of carboxylic acid groups (broad SMARTS) is 2. The number of hydrogen-bond donors (Lipinski definition) is 2. The predicted molar refractivity (Wildman–Crippen MR) is 117 cm³/mol. The summed E-state index contributed by atoms with van der Waals surface area (Å²) in [5, 5.41) is 18.9. The van der Waals surface area contributed by atoms with Crippen molar-refractivity contribution in [3.8, 4) is 0 Å². The van der Waals surface area contributed by atoms with Crippen LogP contribution in [0.2, 0.25) is 0 Å². The smallest absolute Gasteiger partial charge is 0.306 e. The third-order valence-corrected chi connectivity index (χ3v) is 5.87. The Labute approximate surface area is 173 Å². The first-order valence-electron chi connectivity index (χ1n) is 12.0. The molecule has 0 rings (SSSR count). The van der Waals surface area contributed by atoms with Gasteiger partial charge in [0.15, 0.2) is 0 Å². The van der Waals surface area contributed by atoms with Crippen LogP contribution in [0.25, 0.3) is 0 Å². The molecule has 2 N–H and O–H groups in total. The van der Waals surface area contributed by atoms with E-state index in [4.69, 9.17) is 0 Å². The Bertz CT molecular complexity index is 381. The highest BCUT2D eigenvalue weighted by atomic mass is 16.4. The van der Waals surface area contributed by atoms with E-state index < -0.39 is 11.9 Å². The number of carbonyl (C=O) groups is 2. The fourth-order valence-electron chi connectivity index (χ4n) is 3.88. The minimum Gasteiger partial charge on any atom is -0.481 e. The number of rotatable bonds is 21. The topological polar surface area (TPSA) is 74.6 Å². The fraction of sp³-hybridized carbons (Fsp3) is 0.917. The summed E-state index contributed by atoms with van der Waals surface area (Å²) in [6.45, 7) is 4.37. The Morgan fingerprint density at radius 2 is 0.786 bits per heavy atom. The summed E-state index contributed by atoms with van der Waals surface area (Å²) in [4.78, 5) is 23.0. The number of carboxylic acids is 2. The highest BCUT2D eigenvalue weighted by Crippen LogP contribution is 2.23. The highest BCUT2D eigenvalue weighted by molar-refractivity contribution is 5.71. The van der Waals surface area contributed by atoms with Crippen LogP contribution in [0.5, 0.6) is 0 Å². The van der Waals surface area contributed by atoms with E-state index in [0.717, 1.165) is 38.5 Å². The standard InChI is InChI=1S/C24H46O4/c1-3-5-7-9-10-11-12-13-14-16-18-22(24(27)28)20-19-21(23(25)26)17-15-8-6-4-2/h21-22H,3-20H2,1-2H3,(H,25,26)(H,27,28). The number of aliphatic carboxylic acids is 2. The summed E-state index contributed by atoms with van der Waals surface area (Å²) < 4.78 is 0. The molecule has 0 saturated heterocycles. The molecule has 166 valence electrons. The van der Waals surface area contributed by atoms with Crippen LogP contribution in [0.1, 0.15) is 129 Å². The molecule has 0 aliphatic carbocycles. The number of unbranched alkanes of at least 4 members (excludes halogenated alkanes) is 12. The molecule has 2 atom stereocenters. The largest absolute Gasteiger partial charge is 0.481 e. The van der Waals surface area contributed by atoms with E-state index in [-0.39, 0.29) is 11.8 Å². The van der Waals surface area contributed by atoms with Gasteiger partial charge in [0, 0.05) is 0 Å². The minimum absolute atomic E-state index is 0.383. The Hall–Kier alpha value is -1.06. The molecule has 0 amide bonds. The van der Waals surface area contributed by atoms with Gasteiger partial charge in [0.2, 0.25) is 0 Å². The van der Waals surface area contributed by atoms with Crippen LogP contribution in [-0.4, -0.2) is 22.2 Å². The molecule has 0 aromatic rings. The maximum absolute atomic E-state index is 11.5. The normalized spacial score (nSPS) is 13.4. The Morgan fingerprint density at radius 1 is 0.500 bits per heavy atom. The van der Waals surface area contributed by atoms with Gasteiger partial charge >= 0.3 is 11.9 Å². The van der Waals surface area contributed by atoms with Crippen molar-refractivity contribution < 1.29 is 19.8 Å². The van der Waals surface area contributed by atoms with Crippen molar-refractivity contribution in [2.24, 2.45) is 11.8 Å². The van der Waals surface area contributed by atoms with E-state index in [0.29, 0.717) is 25.7 Å². The minimum atomic E-state index is -0.764. The summed E-state index contributed by atoms with van der Waals surface area (Å²) in [6.07, 6.45) is 19.1. The molecule has 0 bridgehead atoms. The van der Waals surface area contributed by atoms with E-state index in [1.807, 2.05) is 0 Å². The molecule has 2 unspecified atom stereocenters. The molecule has 0 aromatic heterocycles. The van der Waals surface area contributed by atoms with Gasteiger partial charge in [-0.15, -0.1) is 0 Å². The lowest BCUT2D eigenvalue weighted by Gasteiger charge is -2.16. The molecule has 0 spiro atoms. The first-order chi connectivity index (χ1) is 13.5. The van der Waals surface area contributed by atoms with Gasteiger partial charge in [0.25, 0.3) is 0 Å². The summed E-state index contributed by atoms with van der Waals surface area (Å²) >= 11 is 0. The van der Waals surface area contributed by atoms with Crippen LogP contribution >= 0.6 is 0 Å². The first kappa shape index (κ1) is 26.9. The maximum atomic E-state index is 11.5. The van der Waals surface area contributed by atoms with Gasteiger partial charge in [0.1, 0.15) is 0 Å². The van der Waals surface area contributed by atoms with Crippen LogP contribution < -0.4 is 0 Å². The molecule has 0 heterocycles. The summed E-state index contributed by atoms with van der Waals surface area (Å²) in [5.74, 6) is -2.29. The van der Waals surface area contributed by atoms with Gasteiger partial charge < -0.3 is 10.2 Å². The molecule has 0 aliphatic rings. The third kappa shape index (κ3) is 15.9. The second kappa shape index (κ2) is 19.3. The predicted octanol–water partition coefficient (Wildman–Crippen LogP) is 7.45. The van der Waals surface area contributed by atoms with E-state index in [9.17, 15) is 19.8 Å². The molecule has 0 saturated carbocycles. The van der Waals surface area contributed by atoms with Crippen molar-refractivity contribution in [1.29, 1.82) is 0 Å². The first-order valence-corrected chi connectivity index (χ1v) is 12.0. The van der Waals surface area contributed by atoms with Crippen molar-refractivity contribution in [3.63, 3.8) is 0 Å². The molecule has 0 fully saturated rings. The Kier molecular flexibility index (Phi) is 18.5. The van der Waals surface area contributed by atoms with Crippen molar-refractivity contribution in [2.45, 2.75) is 129 Å². The van der Waals surface area contributed by atoms with Gasteiger partial charge in [-0.3, -0.25) is 9.59 Å². The third-order valence-electron chi connectivity index (χ3n) is 5.87. The van der Waals surface area contributed by atoms with Crippen molar-refractivity contribution >= 4 is 11.9 Å². The van der Waals surface area contributed by atoms with E-state index in [2.05, 4.69) is 13.8 Å². The van der Waals surface area contributed by atoms with E-state index in [1.54, 1.807) is 0 Å². The summed E-state index contributed by atoms with van der Waals surface area (Å²) in [7, 11) is 0. The van der Waals surface area contributed by atoms with Gasteiger partial charge in [-0.1, -0.05) is 104 Å². The molecule has 4 nitrogen and oxygen atoms in total. The van der Waals surface area contributed by atoms with Gasteiger partial charge in [-0.25, -0.2) is 0 Å². The lowest BCUT2D eigenvalue weighted by molar-refractivity contribution is -0.145. The van der Waals surface area contributed by atoms with Crippen molar-refractivity contribution in [1.82, 2.24) is 0 Å². The van der Waals surface area contributed by atoms with Crippen LogP contribution in [0.4, 0.5) is 0 Å². The van der Waals surface area contributed by atoms with E-state index >= 15 is 0 Å². The van der Waals surface area contributed by atoms with Gasteiger partial charge in [-0.2, -0.15) is 0 Å². The maximum Gasteiger partial charge on any atom is 0.306 e. The molecular weight excluding hydrogens is 352 g/mol. The van der Waals surface area contributed by atoms with Crippen LogP contribution in [0.15, 0.2) is 0 Å². The monoisotopic (exact) mass is 398 g/mol. The SMILES string of the molecule is CCCCCCCCCCCCC(CCC(CCCCCC)C(=O)O)C(=O)O. The second-order valence-corrected chi connectivity index (χ2v) is 8.47. The zero-order valence-electron chi connectivity index (χ0n) is 18.6. The van der Waals surface area contributed by atoms with E-state index in [1.165, 1.54) is 51.4 Å². The van der Waals surface area contributed by atoms with Gasteiger partial charge in [-0.05, 0) is 25.7 Å². The molecule has 28 heavy (non-hydrogen) atoms. The zero-order chi connectivity index (χ0) is 21.0. The van der Waals surface area contributed by atoms with Crippen molar-refractivity contribution in [3.05, 3.63) is 0 Å². The van der Waals surface area contributed by atoms with Crippen LogP contribution in [-0.2, 0) is 9.59 Å². The zero-order valence-corrected chi connectivity index (χ0v) is 18.6. The Morgan fingerprint density at radius 3 is 1.11 bits per heavy atom. The molecule has 0 aromatic carbocycles. The molecule has 0 radical (unpaired) electrons. The van der Waals surface area contributed by atoms with Crippen LogP contribution in [0.3, 0.4) is 0 Å². The lowest BCUT2D eigenvalue weighted by atomic mass is 9.89. The highest BCUT2D eigenvalue weighted by Gasteiger charge is 2.22. The summed E-state index contributed by atoms with van der Waals surface area (Å²) in [6, 6.07) is 0. The second-order valence-electron chi connectivity index (χ2n) is 8.47.